The van der Waals surface area contributed by atoms with Crippen LogP contribution in [0.1, 0.15) is 13.8 Å². The first-order valence-corrected chi connectivity index (χ1v) is 40.7. The first-order chi connectivity index (χ1) is 60.7. The van der Waals surface area contributed by atoms with Crippen molar-refractivity contribution in [3.8, 4) is 0 Å². The largest absolute Gasteiger partial charge is 0.394 e. The maximum atomic E-state index is 13.1. The highest BCUT2D eigenvalue weighted by atomic mass is 16.8. The standard InChI is InChI=1S/C70H118N2O56/c1-14(82)71-27-38(93)52(23(10-80)110-60(27)107)121-61-28(72-15(2)83)39(94)53(24(11-81)118-61)122-67-51(106)56(125-69-59(45(100)34(89)20(7-77)116-69)128-70-58(44(99)33(88)21(8-78)117-70)127-66-50(105)54(35(90)22(9-79)114-66)123-63-46(101)40(95)29(84)16(3-73)111-63)37(92)26(120-67)12-108-62-49(104)55(124-64-47(102)41(96)30(85)17(4-74)112-64)36(91)25(119-62)13-109-68-57(43(98)32(87)19(6-76)115-68)126-65-48(103)42(97)31(86)18(5-75)113-65/h16-70,73-81,84-107H,3-13H2,1-2H3,(H,71,82)(H,72,83)/t16-,17-,18-,19-,20-,21-,22-,23-,24-,25-,26-,27-,28-,29-,30-,31-,32-,33-,34-,35-,36-,37-,38-,39-,40+,41+,42+,43+,44+,45+,46+,47+,48+,49+,50+,51+,52-,53-,54+,55+,56+,57+,58+,59+,60?,61+,62+,63-,64-,65-,66-,67+,68+,69-,70-/m1/s1. The molecule has 744 valence electrons. The Labute approximate surface area is 722 Å². The van der Waals surface area contributed by atoms with Gasteiger partial charge in [-0.05, 0) is 0 Å². The Morgan fingerprint density at radius 3 is 0.797 bits per heavy atom. The van der Waals surface area contributed by atoms with Crippen LogP contribution in [-0.2, 0) is 109 Å². The third-order valence-corrected chi connectivity index (χ3v) is 23.8. The summed E-state index contributed by atoms with van der Waals surface area (Å²) in [5, 5.41) is 372. The summed E-state index contributed by atoms with van der Waals surface area (Å²) in [7, 11) is 0. The van der Waals surface area contributed by atoms with E-state index in [1.165, 1.54) is 0 Å². The van der Waals surface area contributed by atoms with Gasteiger partial charge in [0.15, 0.2) is 69.2 Å². The lowest BCUT2D eigenvalue weighted by molar-refractivity contribution is -0.411. The summed E-state index contributed by atoms with van der Waals surface area (Å²) >= 11 is 0. The Morgan fingerprint density at radius 1 is 0.203 bits per heavy atom. The number of amides is 2. The molecule has 11 saturated heterocycles. The summed E-state index contributed by atoms with van der Waals surface area (Å²) in [5.41, 5.74) is 0. The zero-order valence-electron chi connectivity index (χ0n) is 67.7. The van der Waals surface area contributed by atoms with Crippen LogP contribution in [0.5, 0.6) is 0 Å². The monoisotopic (exact) mass is 1880 g/mol. The number of nitrogens with one attached hydrogen (secondary N) is 2. The number of aliphatic hydroxyl groups is 33. The molecule has 0 aromatic rings. The maximum Gasteiger partial charge on any atom is 0.217 e. The zero-order valence-corrected chi connectivity index (χ0v) is 67.7. The first kappa shape index (κ1) is 105. The van der Waals surface area contributed by atoms with E-state index in [2.05, 4.69) is 10.6 Å². The molecule has 11 rings (SSSR count). The first-order valence-electron chi connectivity index (χ1n) is 40.7. The molecule has 0 aliphatic carbocycles. The van der Waals surface area contributed by atoms with Crippen LogP contribution < -0.4 is 10.6 Å². The van der Waals surface area contributed by atoms with Crippen molar-refractivity contribution >= 4 is 11.8 Å². The van der Waals surface area contributed by atoms with Crippen molar-refractivity contribution in [2.75, 3.05) is 72.7 Å². The molecule has 128 heavy (non-hydrogen) atoms. The van der Waals surface area contributed by atoms with Gasteiger partial charge in [-0.2, -0.15) is 0 Å². The van der Waals surface area contributed by atoms with E-state index >= 15 is 0 Å². The van der Waals surface area contributed by atoms with Gasteiger partial charge in [0.1, 0.15) is 268 Å². The number of carbonyl (C=O) groups is 2. The Balaban J connectivity index is 0.934. The van der Waals surface area contributed by atoms with E-state index in [1.54, 1.807) is 0 Å². The molecule has 0 spiro atoms. The van der Waals surface area contributed by atoms with Crippen molar-refractivity contribution in [1.82, 2.24) is 10.6 Å². The molecule has 2 amide bonds. The van der Waals surface area contributed by atoms with E-state index in [-0.39, 0.29) is 0 Å². The molecular weight excluding hydrogens is 1760 g/mol. The third kappa shape index (κ3) is 22.5. The Kier molecular flexibility index (Phi) is 37.7. The van der Waals surface area contributed by atoms with Gasteiger partial charge in [-0.1, -0.05) is 0 Å². The van der Waals surface area contributed by atoms with Gasteiger partial charge in [-0.25, -0.2) is 0 Å². The average molecular weight is 1880 g/mol. The normalized spacial score (nSPS) is 51.7. The molecule has 11 aliphatic rings. The lowest BCUT2D eigenvalue weighted by Crippen LogP contribution is -2.70. The highest BCUT2D eigenvalue weighted by Crippen LogP contribution is 2.42. The molecule has 58 nitrogen and oxygen atoms in total. The zero-order chi connectivity index (χ0) is 94.0. The second-order valence-corrected chi connectivity index (χ2v) is 32.3. The molecule has 11 heterocycles. The molecule has 55 atom stereocenters. The summed E-state index contributed by atoms with van der Waals surface area (Å²) in [5.74, 6) is -1.82. The predicted molar refractivity (Wildman–Crippen MR) is 386 cm³/mol. The van der Waals surface area contributed by atoms with Crippen LogP contribution in [0.4, 0.5) is 0 Å². The summed E-state index contributed by atoms with van der Waals surface area (Å²) in [6, 6.07) is -3.70. The summed E-state index contributed by atoms with van der Waals surface area (Å²) in [4.78, 5) is 25.3. The fourth-order valence-corrected chi connectivity index (χ4v) is 16.5. The van der Waals surface area contributed by atoms with Crippen LogP contribution in [0.3, 0.4) is 0 Å². The van der Waals surface area contributed by atoms with E-state index in [1.807, 2.05) is 0 Å². The van der Waals surface area contributed by atoms with Gasteiger partial charge in [0.05, 0.1) is 72.7 Å². The van der Waals surface area contributed by atoms with Crippen molar-refractivity contribution in [2.24, 2.45) is 0 Å². The lowest BCUT2D eigenvalue weighted by Gasteiger charge is -2.51. The van der Waals surface area contributed by atoms with Gasteiger partial charge in [0, 0.05) is 13.8 Å². The summed E-state index contributed by atoms with van der Waals surface area (Å²) in [6.07, 6.45) is -116. The van der Waals surface area contributed by atoms with E-state index in [9.17, 15) is 178 Å². The third-order valence-electron chi connectivity index (χ3n) is 23.8. The maximum absolute atomic E-state index is 13.1. The van der Waals surface area contributed by atoms with Gasteiger partial charge in [-0.15, -0.1) is 0 Å². The topological polar surface area (TPSA) is 920 Å². The fourth-order valence-electron chi connectivity index (χ4n) is 16.5. The van der Waals surface area contributed by atoms with Gasteiger partial charge >= 0.3 is 0 Å². The summed E-state index contributed by atoms with van der Waals surface area (Å²) in [6.45, 7) is -10.7. The molecule has 0 saturated carbocycles. The Morgan fingerprint density at radius 2 is 0.430 bits per heavy atom. The smallest absolute Gasteiger partial charge is 0.217 e. The van der Waals surface area contributed by atoms with E-state index in [0.29, 0.717) is 0 Å². The summed E-state index contributed by atoms with van der Waals surface area (Å²) < 4.78 is 123. The SMILES string of the molecule is CC(=O)N[C@H]1[C@H](O[C@H]2[C@H](O)[C@@H](NC(C)=O)C(O)O[C@@H]2CO)O[C@H](CO)[C@@H](O[C@@H]2O[C@H](CO[C@H]3O[C@H](CO[C@H]4O[C@H](CO)[C@@H](O)[C@H](O)[C@@H]4O[C@H]4O[C@H](CO)[C@@H](O)[C@H](O)[C@@H]4O)[C@@H](O)[C@H](O[C@H]4O[C@H](CO)[C@@H](O)[C@H](O)[C@@H]4O)[C@@H]3O)[C@@H](O)[C@H](O[C@H]3O[C@H](CO)[C@@H](O)[C@H](O)[C@@H]3O[C@H]3O[C@H](CO)[C@@H](O)[C@H](O)[C@@H]3O[C@H]3O[C@H](CO)[C@@H](O)[C@H](O[C@H]4O[C@H](CO)[C@@H](O)[C@H](O)[C@@H]4O)[C@@H]3O)[C@@H]2O)[C@@H]1O. The fraction of sp³-hybridized carbons (Fsp3) is 0.971. The van der Waals surface area contributed by atoms with Gasteiger partial charge in [-0.3, -0.25) is 9.59 Å². The number of carbonyl (C=O) groups excluding carboxylic acids is 2. The highest BCUT2D eigenvalue weighted by molar-refractivity contribution is 5.73. The van der Waals surface area contributed by atoms with Crippen LogP contribution in [0.25, 0.3) is 0 Å². The van der Waals surface area contributed by atoms with Crippen LogP contribution in [0.2, 0.25) is 0 Å². The van der Waals surface area contributed by atoms with E-state index < -0.39 is 422 Å². The molecule has 1 unspecified atom stereocenters. The number of rotatable bonds is 33. The van der Waals surface area contributed by atoms with Gasteiger partial charge < -0.3 is 279 Å². The number of hydrogen-bond donors (Lipinski definition) is 35. The molecule has 0 aromatic carbocycles. The van der Waals surface area contributed by atoms with Crippen molar-refractivity contribution in [3.63, 3.8) is 0 Å². The van der Waals surface area contributed by atoms with Crippen LogP contribution in [-0.4, -0.2) is 591 Å². The minimum absolute atomic E-state index is 0.822. The molecule has 0 aromatic heterocycles. The van der Waals surface area contributed by atoms with Gasteiger partial charge in [0.2, 0.25) is 11.8 Å². The molecule has 11 aliphatic heterocycles. The van der Waals surface area contributed by atoms with E-state index in [0.717, 1.165) is 13.8 Å². The number of aliphatic hydroxyl groups excluding tert-OH is 33. The average Bonchev–Trinajstić information content (AvgIpc) is 0.753. The van der Waals surface area contributed by atoms with Crippen molar-refractivity contribution in [3.05, 3.63) is 0 Å². The number of ether oxygens (including phenoxy) is 21. The van der Waals surface area contributed by atoms with Crippen molar-refractivity contribution in [1.29, 1.82) is 0 Å². The number of hydrogen-bond acceptors (Lipinski definition) is 56. The van der Waals surface area contributed by atoms with Crippen LogP contribution in [0.15, 0.2) is 0 Å². The second kappa shape index (κ2) is 45.8. The quantitative estimate of drug-likeness (QED) is 0.0290. The molecule has 11 fully saturated rings. The molecule has 0 radical (unpaired) electrons. The Hall–Kier alpha value is -3.22. The molecular formula is C70H118N2O56. The van der Waals surface area contributed by atoms with Crippen LogP contribution >= 0.6 is 0 Å². The Bertz CT molecular complexity index is 3380. The minimum atomic E-state index is -2.69. The molecule has 58 heteroatoms. The molecule has 35 N–H and O–H groups in total. The minimum Gasteiger partial charge on any atom is -0.394 e. The second-order valence-electron chi connectivity index (χ2n) is 32.3. The van der Waals surface area contributed by atoms with Crippen molar-refractivity contribution < 1.29 is 278 Å². The molecule has 0 bridgehead atoms. The highest BCUT2D eigenvalue weighted by Gasteiger charge is 2.62. The van der Waals surface area contributed by atoms with Crippen LogP contribution in [0, 0.1) is 0 Å². The predicted octanol–water partition coefficient (Wildman–Crippen LogP) is -24.7. The lowest BCUT2D eigenvalue weighted by atomic mass is 9.94. The van der Waals surface area contributed by atoms with Gasteiger partial charge in [0.25, 0.3) is 0 Å². The van der Waals surface area contributed by atoms with E-state index in [4.69, 9.17) is 99.5 Å². The van der Waals surface area contributed by atoms with Crippen molar-refractivity contribution in [2.45, 2.75) is 351 Å².